The van der Waals surface area contributed by atoms with Gasteiger partial charge in [0.05, 0.1) is 4.47 Å². The minimum absolute atomic E-state index is 0.193. The predicted octanol–water partition coefficient (Wildman–Crippen LogP) is 3.80. The lowest BCUT2D eigenvalue weighted by atomic mass is 9.98. The van der Waals surface area contributed by atoms with Crippen LogP contribution in [0.2, 0.25) is 0 Å². The highest BCUT2D eigenvalue weighted by Gasteiger charge is 2.19. The number of halogens is 2. The summed E-state index contributed by atoms with van der Waals surface area (Å²) in [4.78, 5) is 2.48. The van der Waals surface area contributed by atoms with E-state index >= 15 is 0 Å². The first kappa shape index (κ1) is 15.9. The van der Waals surface area contributed by atoms with Crippen LogP contribution in [-0.4, -0.2) is 30.6 Å². The molecule has 0 amide bonds. The maximum atomic E-state index is 13.3. The molecule has 1 aliphatic heterocycles. The van der Waals surface area contributed by atoms with Gasteiger partial charge in [0, 0.05) is 19.1 Å². The summed E-state index contributed by atoms with van der Waals surface area (Å²) in [6.45, 7) is 8.73. The van der Waals surface area contributed by atoms with Crippen molar-refractivity contribution in [1.82, 2.24) is 10.2 Å². The van der Waals surface area contributed by atoms with Crippen LogP contribution in [0.1, 0.15) is 32.3 Å². The molecule has 2 nitrogen and oxygen atoms in total. The Kier molecular flexibility index (Phi) is 6.00. The van der Waals surface area contributed by atoms with Gasteiger partial charge in [-0.05, 0) is 79.3 Å². The van der Waals surface area contributed by atoms with Gasteiger partial charge in [-0.15, -0.1) is 0 Å². The number of nitrogens with zero attached hydrogens (tertiary/aromatic N) is 1. The van der Waals surface area contributed by atoms with Crippen molar-refractivity contribution in [2.75, 3.05) is 19.6 Å². The molecule has 1 unspecified atom stereocenters. The largest absolute Gasteiger partial charge is 0.316 e. The van der Waals surface area contributed by atoms with E-state index in [0.29, 0.717) is 10.5 Å². The van der Waals surface area contributed by atoms with E-state index < -0.39 is 0 Å². The Hall–Kier alpha value is -0.450. The molecular formula is C16H24BrFN2. The van der Waals surface area contributed by atoms with Gasteiger partial charge in [0.1, 0.15) is 5.82 Å². The van der Waals surface area contributed by atoms with E-state index in [1.54, 1.807) is 6.07 Å². The first-order valence-electron chi connectivity index (χ1n) is 7.45. The SMILES string of the molecule is CC(C)N(Cc1ccc(F)c(Br)c1)CC1CCCNC1. The van der Waals surface area contributed by atoms with Crippen molar-refractivity contribution in [3.63, 3.8) is 0 Å². The standard InChI is InChI=1S/C16H24BrFN2/c1-12(2)20(11-14-4-3-7-19-9-14)10-13-5-6-16(18)15(17)8-13/h5-6,8,12,14,19H,3-4,7,9-11H2,1-2H3. The summed E-state index contributed by atoms with van der Waals surface area (Å²) in [6.07, 6.45) is 2.59. The van der Waals surface area contributed by atoms with Crippen LogP contribution in [0.15, 0.2) is 22.7 Å². The quantitative estimate of drug-likeness (QED) is 0.875. The van der Waals surface area contributed by atoms with Gasteiger partial charge in [-0.3, -0.25) is 4.90 Å². The van der Waals surface area contributed by atoms with Gasteiger partial charge < -0.3 is 5.32 Å². The van der Waals surface area contributed by atoms with Crippen molar-refractivity contribution in [3.8, 4) is 0 Å². The van der Waals surface area contributed by atoms with Crippen molar-refractivity contribution < 1.29 is 4.39 Å². The van der Waals surface area contributed by atoms with E-state index in [1.165, 1.54) is 12.8 Å². The second kappa shape index (κ2) is 7.53. The Bertz CT molecular complexity index is 430. The second-order valence-electron chi connectivity index (χ2n) is 5.98. The molecule has 20 heavy (non-hydrogen) atoms. The molecule has 112 valence electrons. The molecule has 0 aliphatic carbocycles. The average Bonchev–Trinajstić information content (AvgIpc) is 2.43. The van der Waals surface area contributed by atoms with Gasteiger partial charge in [0.25, 0.3) is 0 Å². The zero-order valence-corrected chi connectivity index (χ0v) is 13.9. The molecule has 1 fully saturated rings. The molecule has 1 heterocycles. The van der Waals surface area contributed by atoms with E-state index in [0.717, 1.165) is 37.7 Å². The fourth-order valence-electron chi connectivity index (χ4n) is 2.74. The third-order valence-electron chi connectivity index (χ3n) is 3.99. The normalized spacial score (nSPS) is 19.8. The maximum Gasteiger partial charge on any atom is 0.137 e. The topological polar surface area (TPSA) is 15.3 Å². The first-order chi connectivity index (χ1) is 9.56. The lowest BCUT2D eigenvalue weighted by Gasteiger charge is -2.33. The van der Waals surface area contributed by atoms with Gasteiger partial charge in [0.15, 0.2) is 0 Å². The van der Waals surface area contributed by atoms with Crippen LogP contribution in [0.4, 0.5) is 4.39 Å². The Balaban J connectivity index is 1.99. The Morgan fingerprint density at radius 3 is 2.85 bits per heavy atom. The second-order valence-corrected chi connectivity index (χ2v) is 6.84. The van der Waals surface area contributed by atoms with E-state index in [2.05, 4.69) is 40.0 Å². The summed E-state index contributed by atoms with van der Waals surface area (Å²) in [7, 11) is 0. The molecule has 4 heteroatoms. The molecule has 1 aliphatic rings. The Labute approximate surface area is 129 Å². The van der Waals surface area contributed by atoms with Crippen LogP contribution in [0, 0.1) is 11.7 Å². The minimum Gasteiger partial charge on any atom is -0.316 e. The van der Waals surface area contributed by atoms with E-state index in [-0.39, 0.29) is 5.82 Å². The minimum atomic E-state index is -0.193. The summed E-state index contributed by atoms with van der Waals surface area (Å²) >= 11 is 3.27. The van der Waals surface area contributed by atoms with Crippen molar-refractivity contribution in [2.24, 2.45) is 5.92 Å². The molecule has 0 aromatic heterocycles. The fraction of sp³-hybridized carbons (Fsp3) is 0.625. The lowest BCUT2D eigenvalue weighted by molar-refractivity contribution is 0.164. The molecule has 0 bridgehead atoms. The van der Waals surface area contributed by atoms with Gasteiger partial charge in [-0.25, -0.2) is 4.39 Å². The van der Waals surface area contributed by atoms with Gasteiger partial charge in [-0.2, -0.15) is 0 Å². The molecule has 1 saturated heterocycles. The lowest BCUT2D eigenvalue weighted by Crippen LogP contribution is -2.40. The van der Waals surface area contributed by atoms with Crippen molar-refractivity contribution in [1.29, 1.82) is 0 Å². The number of piperidine rings is 1. The van der Waals surface area contributed by atoms with E-state index in [1.807, 2.05) is 12.1 Å². The third kappa shape index (κ3) is 4.54. The van der Waals surface area contributed by atoms with Crippen LogP contribution in [0.3, 0.4) is 0 Å². The van der Waals surface area contributed by atoms with Gasteiger partial charge >= 0.3 is 0 Å². The maximum absolute atomic E-state index is 13.3. The first-order valence-corrected chi connectivity index (χ1v) is 8.24. The van der Waals surface area contributed by atoms with Gasteiger partial charge in [-0.1, -0.05) is 6.07 Å². The molecule has 0 radical (unpaired) electrons. The highest BCUT2D eigenvalue weighted by Crippen LogP contribution is 2.20. The molecule has 0 saturated carbocycles. The highest BCUT2D eigenvalue weighted by atomic mass is 79.9. The number of benzene rings is 1. The Morgan fingerprint density at radius 1 is 1.45 bits per heavy atom. The summed E-state index contributed by atoms with van der Waals surface area (Å²) in [5.41, 5.74) is 1.16. The highest BCUT2D eigenvalue weighted by molar-refractivity contribution is 9.10. The van der Waals surface area contributed by atoms with Crippen molar-refractivity contribution in [3.05, 3.63) is 34.1 Å². The van der Waals surface area contributed by atoms with Crippen LogP contribution >= 0.6 is 15.9 Å². The Morgan fingerprint density at radius 2 is 2.25 bits per heavy atom. The van der Waals surface area contributed by atoms with Crippen LogP contribution in [0.25, 0.3) is 0 Å². The predicted molar refractivity (Wildman–Crippen MR) is 85.2 cm³/mol. The van der Waals surface area contributed by atoms with E-state index in [9.17, 15) is 4.39 Å². The van der Waals surface area contributed by atoms with E-state index in [4.69, 9.17) is 0 Å². The smallest absolute Gasteiger partial charge is 0.137 e. The molecule has 1 aromatic rings. The zero-order valence-electron chi connectivity index (χ0n) is 12.3. The van der Waals surface area contributed by atoms with Crippen molar-refractivity contribution in [2.45, 2.75) is 39.3 Å². The number of hydrogen-bond acceptors (Lipinski definition) is 2. The molecule has 0 spiro atoms. The van der Waals surface area contributed by atoms with Crippen molar-refractivity contribution >= 4 is 15.9 Å². The molecule has 1 N–H and O–H groups in total. The van der Waals surface area contributed by atoms with Crippen LogP contribution in [-0.2, 0) is 6.54 Å². The number of hydrogen-bond donors (Lipinski definition) is 1. The number of rotatable bonds is 5. The molecule has 2 rings (SSSR count). The average molecular weight is 343 g/mol. The molecule has 1 aromatic carbocycles. The number of nitrogens with one attached hydrogen (secondary N) is 1. The molecular weight excluding hydrogens is 319 g/mol. The fourth-order valence-corrected chi connectivity index (χ4v) is 3.17. The van der Waals surface area contributed by atoms with Crippen LogP contribution in [0.5, 0.6) is 0 Å². The molecule has 1 atom stereocenters. The third-order valence-corrected chi connectivity index (χ3v) is 4.60. The summed E-state index contributed by atoms with van der Waals surface area (Å²) in [6, 6.07) is 5.82. The monoisotopic (exact) mass is 342 g/mol. The van der Waals surface area contributed by atoms with Gasteiger partial charge in [0.2, 0.25) is 0 Å². The summed E-state index contributed by atoms with van der Waals surface area (Å²) < 4.78 is 13.9. The summed E-state index contributed by atoms with van der Waals surface area (Å²) in [5.74, 6) is 0.538. The van der Waals surface area contributed by atoms with Crippen LogP contribution < -0.4 is 5.32 Å². The summed E-state index contributed by atoms with van der Waals surface area (Å²) in [5, 5.41) is 3.48. The zero-order chi connectivity index (χ0) is 14.5.